The van der Waals surface area contributed by atoms with Gasteiger partial charge in [-0.1, -0.05) is 6.42 Å². The van der Waals surface area contributed by atoms with Gasteiger partial charge in [-0.25, -0.2) is 5.84 Å². The number of nitrogens with one attached hydrogen (secondary N) is 1. The van der Waals surface area contributed by atoms with E-state index in [4.69, 9.17) is 15.3 Å². The van der Waals surface area contributed by atoms with E-state index in [0.717, 1.165) is 19.6 Å². The van der Waals surface area contributed by atoms with Gasteiger partial charge in [0.05, 0.1) is 6.10 Å². The molecule has 0 amide bonds. The molecule has 0 saturated carbocycles. The highest BCUT2D eigenvalue weighted by Crippen LogP contribution is 2.14. The van der Waals surface area contributed by atoms with Gasteiger partial charge in [0.2, 0.25) is 5.95 Å². The summed E-state index contributed by atoms with van der Waals surface area (Å²) in [7, 11) is 0. The fraction of sp³-hybridized carbons (Fsp3) is 0.769. The highest BCUT2D eigenvalue weighted by atomic mass is 16.5. The predicted octanol–water partition coefficient (Wildman–Crippen LogP) is 0.809. The monoisotopic (exact) mass is 296 g/mol. The van der Waals surface area contributed by atoms with E-state index in [2.05, 4.69) is 25.3 Å². The lowest BCUT2D eigenvalue weighted by Crippen LogP contribution is -2.33. The van der Waals surface area contributed by atoms with Crippen LogP contribution in [0.1, 0.15) is 33.1 Å². The van der Waals surface area contributed by atoms with Gasteiger partial charge in [0.1, 0.15) is 6.61 Å². The Bertz CT molecular complexity index is 437. The molecule has 8 heteroatoms. The molecule has 1 aromatic heterocycles. The van der Waals surface area contributed by atoms with Crippen molar-refractivity contribution in [2.45, 2.75) is 39.2 Å². The lowest BCUT2D eigenvalue weighted by atomic mass is 10.1. The van der Waals surface area contributed by atoms with Crippen LogP contribution in [0.15, 0.2) is 0 Å². The summed E-state index contributed by atoms with van der Waals surface area (Å²) < 4.78 is 11.0. The number of hydrazine groups is 1. The van der Waals surface area contributed by atoms with Crippen LogP contribution in [0.25, 0.3) is 0 Å². The normalized spacial score (nSPS) is 16.0. The number of rotatable bonds is 7. The van der Waals surface area contributed by atoms with Gasteiger partial charge >= 0.3 is 12.0 Å². The summed E-state index contributed by atoms with van der Waals surface area (Å²) in [6.07, 6.45) is 3.82. The first-order chi connectivity index (χ1) is 10.2. The van der Waals surface area contributed by atoms with Crippen molar-refractivity contribution in [1.29, 1.82) is 0 Å². The van der Waals surface area contributed by atoms with Crippen molar-refractivity contribution in [2.75, 3.05) is 31.7 Å². The van der Waals surface area contributed by atoms with Crippen LogP contribution in [-0.2, 0) is 0 Å². The molecule has 1 saturated heterocycles. The molecule has 1 aliphatic rings. The summed E-state index contributed by atoms with van der Waals surface area (Å²) in [6, 6.07) is 0.437. The zero-order valence-electron chi connectivity index (χ0n) is 12.7. The van der Waals surface area contributed by atoms with Crippen molar-refractivity contribution < 1.29 is 9.47 Å². The number of aromatic nitrogens is 3. The van der Waals surface area contributed by atoms with Gasteiger partial charge < -0.3 is 9.47 Å². The van der Waals surface area contributed by atoms with Gasteiger partial charge in [-0.15, -0.1) is 4.98 Å². The summed E-state index contributed by atoms with van der Waals surface area (Å²) in [5, 5.41) is 0. The average Bonchev–Trinajstić information content (AvgIpc) is 2.47. The van der Waals surface area contributed by atoms with E-state index in [9.17, 15) is 0 Å². The summed E-state index contributed by atoms with van der Waals surface area (Å²) in [5.41, 5.74) is 2.39. The number of nitrogen functional groups attached to an aromatic ring is 1. The molecule has 118 valence electrons. The third-order valence-corrected chi connectivity index (χ3v) is 3.15. The summed E-state index contributed by atoms with van der Waals surface area (Å²) in [5.74, 6) is 5.57. The van der Waals surface area contributed by atoms with E-state index in [-0.39, 0.29) is 24.1 Å². The fourth-order valence-corrected chi connectivity index (χ4v) is 2.18. The van der Waals surface area contributed by atoms with Crippen LogP contribution < -0.4 is 20.7 Å². The summed E-state index contributed by atoms with van der Waals surface area (Å²) in [4.78, 5) is 14.6. The van der Waals surface area contributed by atoms with Gasteiger partial charge in [0, 0.05) is 6.54 Å². The van der Waals surface area contributed by atoms with E-state index in [0.29, 0.717) is 6.61 Å². The number of hydrogen-bond acceptors (Lipinski definition) is 8. The number of nitrogens with zero attached hydrogens (tertiary/aromatic N) is 4. The van der Waals surface area contributed by atoms with Gasteiger partial charge in [-0.3, -0.25) is 10.3 Å². The Morgan fingerprint density at radius 2 is 1.86 bits per heavy atom. The SMILES string of the molecule is CC(C)Oc1nc(NN)nc(OCCN2CCCCC2)n1. The van der Waals surface area contributed by atoms with Crippen LogP contribution in [0.3, 0.4) is 0 Å². The van der Waals surface area contributed by atoms with E-state index < -0.39 is 0 Å². The lowest BCUT2D eigenvalue weighted by Gasteiger charge is -2.25. The van der Waals surface area contributed by atoms with E-state index in [1.807, 2.05) is 13.8 Å². The Morgan fingerprint density at radius 3 is 2.52 bits per heavy atom. The van der Waals surface area contributed by atoms with Crippen molar-refractivity contribution in [1.82, 2.24) is 19.9 Å². The molecule has 8 nitrogen and oxygen atoms in total. The first-order valence-corrected chi connectivity index (χ1v) is 7.42. The molecule has 0 aliphatic carbocycles. The molecular formula is C13H24N6O2. The third kappa shape index (κ3) is 5.31. The molecule has 0 bridgehead atoms. The Labute approximate surface area is 125 Å². The van der Waals surface area contributed by atoms with E-state index in [1.54, 1.807) is 0 Å². The average molecular weight is 296 g/mol. The second-order valence-electron chi connectivity index (χ2n) is 5.29. The molecule has 21 heavy (non-hydrogen) atoms. The number of anilines is 1. The maximum Gasteiger partial charge on any atom is 0.324 e. The second-order valence-corrected chi connectivity index (χ2v) is 5.29. The highest BCUT2D eigenvalue weighted by molar-refractivity contribution is 5.25. The predicted molar refractivity (Wildman–Crippen MR) is 79.2 cm³/mol. The lowest BCUT2D eigenvalue weighted by molar-refractivity contribution is 0.173. The van der Waals surface area contributed by atoms with Gasteiger partial charge in [0.25, 0.3) is 0 Å². The van der Waals surface area contributed by atoms with Crippen molar-refractivity contribution in [3.63, 3.8) is 0 Å². The first-order valence-electron chi connectivity index (χ1n) is 7.42. The molecule has 1 aliphatic heterocycles. The maximum absolute atomic E-state index is 5.59. The quantitative estimate of drug-likeness (QED) is 0.563. The Kier molecular flexibility index (Phi) is 5.94. The fourth-order valence-electron chi connectivity index (χ4n) is 2.18. The van der Waals surface area contributed by atoms with E-state index in [1.165, 1.54) is 19.3 Å². The molecule has 0 aromatic carbocycles. The minimum atomic E-state index is -0.0285. The first kappa shape index (κ1) is 15.7. The number of ether oxygens (including phenoxy) is 2. The second kappa shape index (κ2) is 7.94. The van der Waals surface area contributed by atoms with Crippen molar-refractivity contribution >= 4 is 5.95 Å². The number of likely N-dealkylation sites (tertiary alicyclic amines) is 1. The standard InChI is InChI=1S/C13H24N6O2/c1-10(2)21-13-16-11(18-14)15-12(17-13)20-9-8-19-6-4-3-5-7-19/h10H,3-9,14H2,1-2H3,(H,15,16,17,18). The van der Waals surface area contributed by atoms with Crippen molar-refractivity contribution in [3.8, 4) is 12.0 Å². The van der Waals surface area contributed by atoms with Gasteiger partial charge in [-0.2, -0.15) is 9.97 Å². The van der Waals surface area contributed by atoms with Crippen LogP contribution in [-0.4, -0.2) is 52.2 Å². The third-order valence-electron chi connectivity index (χ3n) is 3.15. The molecule has 1 aromatic rings. The highest BCUT2D eigenvalue weighted by Gasteiger charge is 2.12. The minimum Gasteiger partial charge on any atom is -0.462 e. The van der Waals surface area contributed by atoms with Crippen LogP contribution in [0.5, 0.6) is 12.0 Å². The largest absolute Gasteiger partial charge is 0.462 e. The molecule has 0 unspecified atom stereocenters. The summed E-state index contributed by atoms with van der Waals surface area (Å²) >= 11 is 0. The Hall–Kier alpha value is -1.67. The molecule has 0 atom stereocenters. The van der Waals surface area contributed by atoms with Crippen molar-refractivity contribution in [3.05, 3.63) is 0 Å². The van der Waals surface area contributed by atoms with Crippen LogP contribution in [0.4, 0.5) is 5.95 Å². The molecule has 0 spiro atoms. The van der Waals surface area contributed by atoms with E-state index >= 15 is 0 Å². The topological polar surface area (TPSA) is 98.4 Å². The number of hydrogen-bond donors (Lipinski definition) is 2. The minimum absolute atomic E-state index is 0.0285. The maximum atomic E-state index is 5.59. The molecule has 1 fully saturated rings. The summed E-state index contributed by atoms with van der Waals surface area (Å²) in [6.45, 7) is 7.48. The van der Waals surface area contributed by atoms with Crippen LogP contribution >= 0.6 is 0 Å². The number of nitrogens with two attached hydrogens (primary N) is 1. The Morgan fingerprint density at radius 1 is 1.14 bits per heavy atom. The van der Waals surface area contributed by atoms with Gasteiger partial charge in [0.15, 0.2) is 0 Å². The Balaban J connectivity index is 1.88. The smallest absolute Gasteiger partial charge is 0.324 e. The molecule has 2 rings (SSSR count). The van der Waals surface area contributed by atoms with Crippen LogP contribution in [0, 0.1) is 0 Å². The molecule has 0 radical (unpaired) electrons. The van der Waals surface area contributed by atoms with Crippen LogP contribution in [0.2, 0.25) is 0 Å². The molecule has 3 N–H and O–H groups in total. The zero-order chi connectivity index (χ0) is 15.1. The number of piperidine rings is 1. The molecular weight excluding hydrogens is 272 g/mol. The zero-order valence-corrected chi connectivity index (χ0v) is 12.7. The molecule has 2 heterocycles. The van der Waals surface area contributed by atoms with Crippen molar-refractivity contribution in [2.24, 2.45) is 5.84 Å². The van der Waals surface area contributed by atoms with Gasteiger partial charge in [-0.05, 0) is 39.8 Å².